The van der Waals surface area contributed by atoms with Crippen LogP contribution in [0.15, 0.2) is 53.1 Å². The molecule has 1 fully saturated rings. The van der Waals surface area contributed by atoms with Crippen LogP contribution in [0, 0.1) is 17.7 Å². The number of ether oxygens (including phenoxy) is 1. The average Bonchev–Trinajstić information content (AvgIpc) is 3.60. The summed E-state index contributed by atoms with van der Waals surface area (Å²) >= 11 is 0. The first-order valence-electron chi connectivity index (χ1n) is 12.9. The van der Waals surface area contributed by atoms with E-state index >= 15 is 0 Å². The van der Waals surface area contributed by atoms with Crippen molar-refractivity contribution < 1.29 is 23.1 Å². The van der Waals surface area contributed by atoms with Crippen LogP contribution < -0.4 is 10.1 Å². The number of oxazole rings is 1. The number of carbonyl (C=O) groups excluding carboxylic acids is 2. The topological polar surface area (TPSA) is 84.7 Å². The molecule has 0 saturated heterocycles. The second-order valence-electron chi connectivity index (χ2n) is 10.3. The van der Waals surface area contributed by atoms with Gasteiger partial charge in [-0.3, -0.25) is 9.59 Å². The highest BCUT2D eigenvalue weighted by Gasteiger charge is 2.32. The lowest BCUT2D eigenvalue weighted by Crippen LogP contribution is -2.41. The van der Waals surface area contributed by atoms with Gasteiger partial charge in [-0.15, -0.1) is 0 Å². The molecule has 7 nitrogen and oxygen atoms in total. The maximum Gasteiger partial charge on any atom is 0.273 e. The van der Waals surface area contributed by atoms with Gasteiger partial charge in [0.1, 0.15) is 17.8 Å². The van der Waals surface area contributed by atoms with Crippen molar-refractivity contribution in [2.45, 2.75) is 52.2 Å². The van der Waals surface area contributed by atoms with Crippen molar-refractivity contribution >= 4 is 11.8 Å². The van der Waals surface area contributed by atoms with Crippen LogP contribution in [0.2, 0.25) is 0 Å². The first-order chi connectivity index (χ1) is 17.9. The molecule has 0 bridgehead atoms. The molecule has 2 aliphatic rings. The zero-order chi connectivity index (χ0) is 25.9. The maximum atomic E-state index is 13.7. The number of fused-ring (bicyclic) bond motifs is 1. The quantitative estimate of drug-likeness (QED) is 0.440. The molecule has 37 heavy (non-hydrogen) atoms. The largest absolute Gasteiger partial charge is 0.484 e. The van der Waals surface area contributed by atoms with Crippen molar-refractivity contribution in [2.24, 2.45) is 11.8 Å². The Kier molecular flexibility index (Phi) is 7.26. The monoisotopic (exact) mass is 505 g/mol. The Hall–Kier alpha value is -3.68. The molecular weight excluding hydrogens is 473 g/mol. The first kappa shape index (κ1) is 25.0. The number of benzene rings is 2. The van der Waals surface area contributed by atoms with E-state index in [9.17, 15) is 14.0 Å². The number of amides is 2. The number of aromatic nitrogens is 1. The standard InChI is InChI=1S/C29H32FN3O4/c1-18(2)13-27(34)33-12-11-20-7-10-23(14-24(20)28(33)21-5-8-22(30)9-6-21)36-17-26-32-25(16-37-26)29(35)31-15-19-3-4-19/h5-10,14,16,18-19,28H,3-4,11-13,15,17H2,1-2H3,(H,31,35)/t28-/m1/s1. The molecule has 1 atom stereocenters. The van der Waals surface area contributed by atoms with Crippen LogP contribution in [0.3, 0.4) is 0 Å². The van der Waals surface area contributed by atoms with E-state index in [-0.39, 0.29) is 41.9 Å². The molecule has 1 aliphatic carbocycles. The van der Waals surface area contributed by atoms with Crippen LogP contribution in [-0.2, 0) is 17.8 Å². The molecule has 2 heterocycles. The van der Waals surface area contributed by atoms with Gasteiger partial charge in [-0.1, -0.05) is 32.0 Å². The summed E-state index contributed by atoms with van der Waals surface area (Å²) in [5.74, 6) is 1.23. The summed E-state index contributed by atoms with van der Waals surface area (Å²) in [6.45, 7) is 5.38. The molecule has 3 aromatic rings. The van der Waals surface area contributed by atoms with E-state index in [0.29, 0.717) is 37.1 Å². The second kappa shape index (κ2) is 10.7. The van der Waals surface area contributed by atoms with Gasteiger partial charge in [-0.2, -0.15) is 0 Å². The lowest BCUT2D eigenvalue weighted by Gasteiger charge is -2.38. The molecule has 1 aliphatic heterocycles. The van der Waals surface area contributed by atoms with Crippen LogP contribution in [0.4, 0.5) is 4.39 Å². The molecule has 1 aromatic heterocycles. The molecule has 194 valence electrons. The van der Waals surface area contributed by atoms with E-state index in [2.05, 4.69) is 10.3 Å². The number of nitrogens with zero attached hydrogens (tertiary/aromatic N) is 2. The Morgan fingerprint density at radius 2 is 1.97 bits per heavy atom. The van der Waals surface area contributed by atoms with Gasteiger partial charge in [-0.05, 0) is 72.1 Å². The summed E-state index contributed by atoms with van der Waals surface area (Å²) in [5.41, 5.74) is 3.17. The Morgan fingerprint density at radius 3 is 2.70 bits per heavy atom. The van der Waals surface area contributed by atoms with Crippen molar-refractivity contribution in [1.82, 2.24) is 15.2 Å². The van der Waals surface area contributed by atoms with Crippen LogP contribution >= 0.6 is 0 Å². The van der Waals surface area contributed by atoms with Gasteiger partial charge < -0.3 is 19.4 Å². The summed E-state index contributed by atoms with van der Waals surface area (Å²) in [6, 6.07) is 11.8. The maximum absolute atomic E-state index is 13.7. The lowest BCUT2D eigenvalue weighted by atomic mass is 9.87. The van der Waals surface area contributed by atoms with Gasteiger partial charge in [0.15, 0.2) is 12.3 Å². The molecule has 1 N–H and O–H groups in total. The average molecular weight is 506 g/mol. The summed E-state index contributed by atoms with van der Waals surface area (Å²) in [5, 5.41) is 2.87. The Labute approximate surface area is 216 Å². The number of rotatable bonds is 9. The minimum absolute atomic E-state index is 0.0614. The summed E-state index contributed by atoms with van der Waals surface area (Å²) in [7, 11) is 0. The Morgan fingerprint density at radius 1 is 1.19 bits per heavy atom. The molecular formula is C29H32FN3O4. The molecule has 2 aromatic carbocycles. The van der Waals surface area contributed by atoms with Gasteiger partial charge in [0.25, 0.3) is 5.91 Å². The predicted molar refractivity (Wildman–Crippen MR) is 135 cm³/mol. The van der Waals surface area contributed by atoms with Gasteiger partial charge >= 0.3 is 0 Å². The third kappa shape index (κ3) is 6.01. The van der Waals surface area contributed by atoms with E-state index in [1.807, 2.05) is 36.9 Å². The highest BCUT2D eigenvalue weighted by molar-refractivity contribution is 5.91. The van der Waals surface area contributed by atoms with E-state index in [0.717, 1.165) is 36.0 Å². The molecule has 8 heteroatoms. The van der Waals surface area contributed by atoms with E-state index in [1.165, 1.54) is 18.4 Å². The summed E-state index contributed by atoms with van der Waals surface area (Å²) in [4.78, 5) is 31.6. The predicted octanol–water partition coefficient (Wildman–Crippen LogP) is 5.05. The number of hydrogen-bond donors (Lipinski definition) is 1. The van der Waals surface area contributed by atoms with Crippen LogP contribution in [0.25, 0.3) is 0 Å². The first-order valence-corrected chi connectivity index (χ1v) is 12.9. The zero-order valence-corrected chi connectivity index (χ0v) is 21.2. The van der Waals surface area contributed by atoms with Crippen LogP contribution in [-0.4, -0.2) is 34.8 Å². The fourth-order valence-electron chi connectivity index (χ4n) is 4.70. The van der Waals surface area contributed by atoms with Crippen molar-refractivity contribution in [3.05, 3.63) is 82.8 Å². The van der Waals surface area contributed by atoms with E-state index in [1.54, 1.807) is 12.1 Å². The Bertz CT molecular complexity index is 1270. The van der Waals surface area contributed by atoms with Crippen molar-refractivity contribution in [3.63, 3.8) is 0 Å². The molecule has 1 saturated carbocycles. The SMILES string of the molecule is CC(C)CC(=O)N1CCc2ccc(OCc3nc(C(=O)NCC4CC4)co3)cc2[C@H]1c1ccc(F)cc1. The van der Waals surface area contributed by atoms with Crippen LogP contribution in [0.1, 0.15) is 72.2 Å². The minimum atomic E-state index is -0.331. The van der Waals surface area contributed by atoms with Crippen LogP contribution in [0.5, 0.6) is 5.75 Å². The van der Waals surface area contributed by atoms with Crippen molar-refractivity contribution in [3.8, 4) is 5.75 Å². The van der Waals surface area contributed by atoms with Gasteiger partial charge in [0.2, 0.25) is 11.8 Å². The summed E-state index contributed by atoms with van der Waals surface area (Å²) < 4.78 is 25.1. The highest BCUT2D eigenvalue weighted by atomic mass is 19.1. The zero-order valence-electron chi connectivity index (χ0n) is 21.2. The molecule has 0 unspecified atom stereocenters. The number of nitrogens with one attached hydrogen (secondary N) is 1. The molecule has 2 amide bonds. The Balaban J connectivity index is 1.34. The highest BCUT2D eigenvalue weighted by Crippen LogP contribution is 2.38. The fraction of sp³-hybridized carbons (Fsp3) is 0.414. The van der Waals surface area contributed by atoms with Gasteiger partial charge in [0.05, 0.1) is 6.04 Å². The van der Waals surface area contributed by atoms with E-state index in [4.69, 9.17) is 9.15 Å². The smallest absolute Gasteiger partial charge is 0.273 e. The normalized spacial score (nSPS) is 17.0. The van der Waals surface area contributed by atoms with Gasteiger partial charge in [-0.25, -0.2) is 9.37 Å². The minimum Gasteiger partial charge on any atom is -0.484 e. The van der Waals surface area contributed by atoms with E-state index < -0.39 is 0 Å². The molecule has 0 spiro atoms. The molecule has 5 rings (SSSR count). The third-order valence-corrected chi connectivity index (χ3v) is 6.83. The number of hydrogen-bond acceptors (Lipinski definition) is 5. The lowest BCUT2D eigenvalue weighted by molar-refractivity contribution is -0.134. The fourth-order valence-corrected chi connectivity index (χ4v) is 4.70. The third-order valence-electron chi connectivity index (χ3n) is 6.83. The number of halogens is 1. The number of carbonyl (C=O) groups is 2. The van der Waals surface area contributed by atoms with Crippen molar-refractivity contribution in [2.75, 3.05) is 13.1 Å². The summed E-state index contributed by atoms with van der Waals surface area (Å²) in [6.07, 6.45) is 4.84. The molecule has 0 radical (unpaired) electrons. The second-order valence-corrected chi connectivity index (χ2v) is 10.3. The van der Waals surface area contributed by atoms with Crippen molar-refractivity contribution in [1.29, 1.82) is 0 Å². The van der Waals surface area contributed by atoms with Gasteiger partial charge in [0, 0.05) is 19.5 Å².